The molecule has 3 heterocycles. The Hall–Kier alpha value is -3.65. The van der Waals surface area contributed by atoms with Gasteiger partial charge in [0.15, 0.2) is 0 Å². The van der Waals surface area contributed by atoms with E-state index in [1.807, 2.05) is 24.3 Å². The summed E-state index contributed by atoms with van der Waals surface area (Å²) < 4.78 is 14.1. The summed E-state index contributed by atoms with van der Waals surface area (Å²) in [5.74, 6) is 1.27. The summed E-state index contributed by atoms with van der Waals surface area (Å²) >= 11 is 19.8. The maximum Gasteiger partial charge on any atom is 0.337 e. The number of hydrogen-bond donors (Lipinski definition) is 1. The molecule has 8 rings (SSSR count). The van der Waals surface area contributed by atoms with Gasteiger partial charge in [0, 0.05) is 59.7 Å². The van der Waals surface area contributed by atoms with E-state index >= 15 is 0 Å². The van der Waals surface area contributed by atoms with Gasteiger partial charge in [-0.15, -0.1) is 0 Å². The zero-order valence-corrected chi connectivity index (χ0v) is 25.9. The van der Waals surface area contributed by atoms with Crippen LogP contribution < -0.4 is 9.64 Å². The van der Waals surface area contributed by atoms with E-state index in [1.54, 1.807) is 24.4 Å². The van der Waals surface area contributed by atoms with Crippen LogP contribution in [0.1, 0.15) is 70.8 Å². The number of hydrogen-bond acceptors (Lipinski definition) is 5. The summed E-state index contributed by atoms with van der Waals surface area (Å²) in [6.45, 7) is 1.91. The molecular weight excluding hydrogens is 621 g/mol. The lowest BCUT2D eigenvalue weighted by molar-refractivity contribution is 0.0698. The van der Waals surface area contributed by atoms with Crippen LogP contribution in [-0.4, -0.2) is 33.9 Å². The molecule has 44 heavy (non-hydrogen) atoms. The van der Waals surface area contributed by atoms with Gasteiger partial charge in [-0.1, -0.05) is 58.2 Å². The van der Waals surface area contributed by atoms with Crippen LogP contribution in [0.15, 0.2) is 65.3 Å². The third-order valence-corrected chi connectivity index (χ3v) is 9.92. The fourth-order valence-corrected chi connectivity index (χ4v) is 7.14. The van der Waals surface area contributed by atoms with Gasteiger partial charge in [0.2, 0.25) is 0 Å². The van der Waals surface area contributed by atoms with E-state index in [2.05, 4.69) is 26.8 Å². The minimum Gasteiger partial charge on any atom is -0.489 e. The highest BCUT2D eigenvalue weighted by Crippen LogP contribution is 2.47. The number of carbonyl (C=O) groups is 1. The van der Waals surface area contributed by atoms with Crippen LogP contribution in [-0.2, 0) is 6.61 Å². The molecule has 0 amide bonds. The average Bonchev–Trinajstić information content (AvgIpc) is 3.92. The highest BCUT2D eigenvalue weighted by molar-refractivity contribution is 6.39. The number of ether oxygens (including phenoxy) is 1. The molecule has 0 unspecified atom stereocenters. The number of carboxylic acids is 1. The number of anilines is 1. The second-order valence-corrected chi connectivity index (χ2v) is 13.2. The summed E-state index contributed by atoms with van der Waals surface area (Å²) in [7, 11) is 0. The van der Waals surface area contributed by atoms with Crippen molar-refractivity contribution in [2.24, 2.45) is 0 Å². The van der Waals surface area contributed by atoms with E-state index < -0.39 is 5.97 Å². The van der Waals surface area contributed by atoms with Crippen molar-refractivity contribution in [3.63, 3.8) is 0 Å². The van der Waals surface area contributed by atoms with Crippen LogP contribution in [0.2, 0.25) is 15.1 Å². The third kappa shape index (κ3) is 4.91. The van der Waals surface area contributed by atoms with Gasteiger partial charge >= 0.3 is 5.97 Å². The Morgan fingerprint density at radius 1 is 0.955 bits per heavy atom. The first-order valence-corrected chi connectivity index (χ1v) is 16.0. The lowest BCUT2D eigenvalue weighted by Crippen LogP contribution is -2.45. The minimum absolute atomic E-state index is 0.252. The number of rotatable bonds is 9. The molecule has 1 N–H and O–H groups in total. The Kier molecular flexibility index (Phi) is 6.81. The molecule has 7 nitrogen and oxygen atoms in total. The summed E-state index contributed by atoms with van der Waals surface area (Å²) in [4.78, 5) is 14.1. The number of carboxylic acid groups (broad SMARTS) is 1. The van der Waals surface area contributed by atoms with Crippen molar-refractivity contribution in [1.82, 2.24) is 9.72 Å². The van der Waals surface area contributed by atoms with Crippen LogP contribution in [0.4, 0.5) is 5.69 Å². The molecule has 10 heteroatoms. The quantitative estimate of drug-likeness (QED) is 0.172. The first-order valence-electron chi connectivity index (χ1n) is 14.8. The predicted molar refractivity (Wildman–Crippen MR) is 172 cm³/mol. The van der Waals surface area contributed by atoms with Gasteiger partial charge in [0.05, 0.1) is 31.9 Å². The number of halogens is 3. The molecule has 0 bridgehead atoms. The smallest absolute Gasteiger partial charge is 0.337 e. The molecular formula is C34H28Cl3N3O4. The molecule has 2 aromatic heterocycles. The van der Waals surface area contributed by atoms with Crippen molar-refractivity contribution >= 4 is 57.4 Å². The van der Waals surface area contributed by atoms with Crippen LogP contribution in [0.25, 0.3) is 22.2 Å². The van der Waals surface area contributed by atoms with Crippen molar-refractivity contribution in [2.45, 2.75) is 50.2 Å². The normalized spacial score (nSPS) is 16.8. The van der Waals surface area contributed by atoms with E-state index in [9.17, 15) is 9.90 Å². The van der Waals surface area contributed by atoms with Gasteiger partial charge < -0.3 is 23.8 Å². The van der Waals surface area contributed by atoms with Crippen LogP contribution in [0.3, 0.4) is 0 Å². The summed E-state index contributed by atoms with van der Waals surface area (Å²) in [6.07, 6.45) is 6.10. The standard InChI is InChI=1S/C34H28Cl3N3O4/c35-26-2-1-3-27(36)31(26)32-25(33(44-38-32)18-4-5-18)17-43-22-9-11-29(28(37)13-22)39-14-20(15-39)19-6-10-23-24(34(41)42)16-40(21-7-8-21)30(23)12-19/h1-3,6,9-13,16,18,20-21H,4-5,7-8,14-15,17H2,(H,41,42). The molecule has 0 radical (unpaired) electrons. The number of nitrogens with zero attached hydrogens (tertiary/aromatic N) is 3. The summed E-state index contributed by atoms with van der Waals surface area (Å²) in [5.41, 5.74) is 5.67. The largest absolute Gasteiger partial charge is 0.489 e. The Balaban J connectivity index is 0.977. The fraction of sp³-hybridized carbons (Fsp3) is 0.294. The monoisotopic (exact) mass is 647 g/mol. The average molecular weight is 649 g/mol. The van der Waals surface area contributed by atoms with Gasteiger partial charge in [-0.3, -0.25) is 0 Å². The van der Waals surface area contributed by atoms with E-state index in [-0.39, 0.29) is 6.61 Å². The molecule has 3 aromatic carbocycles. The van der Waals surface area contributed by atoms with Gasteiger partial charge in [0.1, 0.15) is 23.8 Å². The highest BCUT2D eigenvalue weighted by Gasteiger charge is 2.34. The Morgan fingerprint density at radius 2 is 1.73 bits per heavy atom. The topological polar surface area (TPSA) is 80.7 Å². The number of aromatic nitrogens is 2. The first-order chi connectivity index (χ1) is 21.4. The van der Waals surface area contributed by atoms with Gasteiger partial charge in [-0.2, -0.15) is 0 Å². The van der Waals surface area contributed by atoms with Crippen LogP contribution >= 0.6 is 34.8 Å². The molecule has 1 saturated heterocycles. The lowest BCUT2D eigenvalue weighted by atomic mass is 9.90. The number of aromatic carboxylic acids is 1. The molecule has 2 aliphatic carbocycles. The van der Waals surface area contributed by atoms with Crippen LogP contribution in [0, 0.1) is 0 Å². The lowest BCUT2D eigenvalue weighted by Gasteiger charge is -2.42. The molecule has 1 aliphatic heterocycles. The van der Waals surface area contributed by atoms with E-state index in [1.165, 1.54) is 5.56 Å². The second kappa shape index (κ2) is 10.8. The van der Waals surface area contributed by atoms with Crippen molar-refractivity contribution in [2.75, 3.05) is 18.0 Å². The van der Waals surface area contributed by atoms with Crippen molar-refractivity contribution < 1.29 is 19.2 Å². The zero-order valence-electron chi connectivity index (χ0n) is 23.6. The maximum atomic E-state index is 11.8. The zero-order chi connectivity index (χ0) is 30.1. The Labute approximate surface area is 268 Å². The van der Waals surface area contributed by atoms with E-state index in [0.717, 1.165) is 66.7 Å². The highest BCUT2D eigenvalue weighted by atomic mass is 35.5. The van der Waals surface area contributed by atoms with Crippen molar-refractivity contribution in [1.29, 1.82) is 0 Å². The second-order valence-electron chi connectivity index (χ2n) is 12.0. The SMILES string of the molecule is O=C(O)c1cn(C2CC2)c2cc(C3CN(c4ccc(OCc5c(-c6c(Cl)cccc6Cl)noc5C5CC5)cc4Cl)C3)ccc12. The molecule has 0 spiro atoms. The fourth-order valence-electron chi connectivity index (χ4n) is 6.27. The minimum atomic E-state index is -0.880. The summed E-state index contributed by atoms with van der Waals surface area (Å²) in [5, 5.41) is 16.5. The molecule has 224 valence electrons. The maximum absolute atomic E-state index is 11.8. The number of benzene rings is 3. The van der Waals surface area contributed by atoms with Gasteiger partial charge in [-0.05, 0) is 61.6 Å². The van der Waals surface area contributed by atoms with Gasteiger partial charge in [-0.25, -0.2) is 4.79 Å². The molecule has 0 atom stereocenters. The molecule has 3 fully saturated rings. The Bertz CT molecular complexity index is 1920. The Morgan fingerprint density at radius 3 is 2.41 bits per heavy atom. The first kappa shape index (κ1) is 27.9. The molecule has 3 aliphatic rings. The van der Waals surface area contributed by atoms with Gasteiger partial charge in [0.25, 0.3) is 0 Å². The van der Waals surface area contributed by atoms with Crippen molar-refractivity contribution in [3.8, 4) is 17.0 Å². The van der Waals surface area contributed by atoms with E-state index in [0.29, 0.717) is 55.5 Å². The third-order valence-electron chi connectivity index (χ3n) is 8.99. The van der Waals surface area contributed by atoms with E-state index in [4.69, 9.17) is 44.1 Å². The summed E-state index contributed by atoms with van der Waals surface area (Å²) in [6, 6.07) is 17.8. The number of fused-ring (bicyclic) bond motifs is 1. The predicted octanol–water partition coefficient (Wildman–Crippen LogP) is 9.35. The van der Waals surface area contributed by atoms with Crippen LogP contribution in [0.5, 0.6) is 5.75 Å². The molecule has 5 aromatic rings. The van der Waals surface area contributed by atoms with Crippen molar-refractivity contribution in [3.05, 3.63) is 98.3 Å². The molecule has 2 saturated carbocycles.